The Balaban J connectivity index is 3.33. The van der Waals surface area contributed by atoms with Crippen LogP contribution in [0.2, 0.25) is 0 Å². The molecule has 138 valence electrons. The van der Waals surface area contributed by atoms with Gasteiger partial charge in [0.05, 0.1) is 0 Å². The number of benzene rings is 1. The molecule has 0 heterocycles. The molecule has 0 amide bonds. The van der Waals surface area contributed by atoms with E-state index >= 15 is 0 Å². The fourth-order valence-electron chi connectivity index (χ4n) is 3.17. The smallest absolute Gasteiger partial charge is 0.282 e. The van der Waals surface area contributed by atoms with Crippen LogP contribution in [-0.4, -0.2) is 13.0 Å². The number of rotatable bonds is 5. The average Bonchev–Trinajstić information content (AvgIpc) is 2.37. The Kier molecular flexibility index (Phi) is 6.09. The minimum absolute atomic E-state index is 0.0173. The average molecular weight is 370 g/mol. The minimum Gasteiger partial charge on any atom is -0.282 e. The predicted octanol–water partition coefficient (Wildman–Crippen LogP) is 4.74. The maximum absolute atomic E-state index is 14.0. The molecule has 1 unspecified atom stereocenters. The molecule has 1 aromatic carbocycles. The van der Waals surface area contributed by atoms with Gasteiger partial charge in [-0.2, -0.15) is 8.42 Å². The van der Waals surface area contributed by atoms with Crippen molar-refractivity contribution in [2.75, 3.05) is 0 Å². The lowest BCUT2D eigenvalue weighted by atomic mass is 9.71. The fourth-order valence-corrected chi connectivity index (χ4v) is 3.80. The highest BCUT2D eigenvalue weighted by molar-refractivity contribution is 7.85. The predicted molar refractivity (Wildman–Crippen MR) is 82.2 cm³/mol. The molecule has 0 aliphatic rings. The molecule has 1 N–H and O–H groups in total. The second-order valence-corrected chi connectivity index (χ2v) is 8.65. The van der Waals surface area contributed by atoms with Gasteiger partial charge in [-0.25, -0.2) is 17.6 Å². The zero-order valence-corrected chi connectivity index (χ0v) is 15.1. The number of hydrogen-bond donors (Lipinski definition) is 1. The van der Waals surface area contributed by atoms with Crippen LogP contribution in [0.3, 0.4) is 0 Å². The molecule has 1 rings (SSSR count). The van der Waals surface area contributed by atoms with Crippen LogP contribution in [0, 0.1) is 40.5 Å². The molecule has 0 spiro atoms. The first kappa shape index (κ1) is 20.9. The van der Waals surface area contributed by atoms with E-state index in [1.54, 1.807) is 0 Å². The summed E-state index contributed by atoms with van der Waals surface area (Å²) in [7, 11) is -5.42. The Bertz CT molecular complexity index is 693. The highest BCUT2D eigenvalue weighted by atomic mass is 32.2. The van der Waals surface area contributed by atoms with Crippen LogP contribution in [0.25, 0.3) is 0 Å². The first-order valence-electron chi connectivity index (χ1n) is 7.51. The zero-order chi connectivity index (χ0) is 19.0. The molecule has 0 aromatic heterocycles. The Hall–Kier alpha value is -1.15. The highest BCUT2D eigenvalue weighted by Gasteiger charge is 2.33. The van der Waals surface area contributed by atoms with E-state index < -0.39 is 43.8 Å². The van der Waals surface area contributed by atoms with Gasteiger partial charge in [0.25, 0.3) is 0 Å². The summed E-state index contributed by atoms with van der Waals surface area (Å²) in [6, 6.07) is 0. The Labute approximate surface area is 139 Å². The summed E-state index contributed by atoms with van der Waals surface area (Å²) < 4.78 is 86.2. The number of halogens is 4. The summed E-state index contributed by atoms with van der Waals surface area (Å²) in [6.45, 7) is 9.73. The third-order valence-corrected chi connectivity index (χ3v) is 5.07. The quantitative estimate of drug-likeness (QED) is 0.463. The Morgan fingerprint density at radius 3 is 1.67 bits per heavy atom. The second kappa shape index (κ2) is 7.00. The number of hydrogen-bond acceptors (Lipinski definition) is 2. The van der Waals surface area contributed by atoms with Crippen LogP contribution < -0.4 is 0 Å². The van der Waals surface area contributed by atoms with E-state index in [-0.39, 0.29) is 30.1 Å². The van der Waals surface area contributed by atoms with E-state index in [1.165, 1.54) is 0 Å². The topological polar surface area (TPSA) is 54.4 Å². The van der Waals surface area contributed by atoms with Crippen molar-refractivity contribution in [3.05, 3.63) is 28.8 Å². The SMILES string of the molecule is CC(C)C(CCc1c(F)c(F)c(S(=O)(=O)O)c(F)c1F)C(C)(C)C. The molecule has 1 atom stereocenters. The van der Waals surface area contributed by atoms with E-state index in [2.05, 4.69) is 0 Å². The van der Waals surface area contributed by atoms with Crippen molar-refractivity contribution in [2.24, 2.45) is 17.3 Å². The molecule has 0 bridgehead atoms. The van der Waals surface area contributed by atoms with Gasteiger partial charge in [0, 0.05) is 5.56 Å². The standard InChI is InChI=1S/C16H22F4O3S/c1-8(2)10(16(3,4)5)7-6-9-11(17)13(19)15(24(21,22)23)14(20)12(9)18/h8,10H,6-7H2,1-5H3,(H,21,22,23). The maximum atomic E-state index is 14.0. The molecule has 0 saturated carbocycles. The molecule has 24 heavy (non-hydrogen) atoms. The molecule has 0 aliphatic carbocycles. The van der Waals surface area contributed by atoms with Crippen molar-refractivity contribution in [1.82, 2.24) is 0 Å². The second-order valence-electron chi connectivity index (χ2n) is 7.29. The van der Waals surface area contributed by atoms with Crippen LogP contribution in [0.15, 0.2) is 4.90 Å². The van der Waals surface area contributed by atoms with Crippen LogP contribution in [0.1, 0.15) is 46.6 Å². The molecular weight excluding hydrogens is 348 g/mol. The van der Waals surface area contributed by atoms with Gasteiger partial charge in [-0.05, 0) is 30.1 Å². The van der Waals surface area contributed by atoms with Crippen molar-refractivity contribution < 1.29 is 30.5 Å². The van der Waals surface area contributed by atoms with Gasteiger partial charge in [-0.15, -0.1) is 0 Å². The van der Waals surface area contributed by atoms with Gasteiger partial charge in [0.15, 0.2) is 28.2 Å². The summed E-state index contributed by atoms with van der Waals surface area (Å²) >= 11 is 0. The monoisotopic (exact) mass is 370 g/mol. The Morgan fingerprint density at radius 1 is 0.958 bits per heavy atom. The summed E-state index contributed by atoms with van der Waals surface area (Å²) in [6.07, 6.45) is -0.0313. The molecule has 3 nitrogen and oxygen atoms in total. The normalized spacial score (nSPS) is 14.3. The van der Waals surface area contributed by atoms with Crippen molar-refractivity contribution >= 4 is 10.1 Å². The lowest BCUT2D eigenvalue weighted by molar-refractivity contribution is 0.165. The first-order chi connectivity index (χ1) is 10.7. The van der Waals surface area contributed by atoms with Crippen molar-refractivity contribution in [1.29, 1.82) is 0 Å². The van der Waals surface area contributed by atoms with Crippen LogP contribution in [0.4, 0.5) is 17.6 Å². The van der Waals surface area contributed by atoms with Crippen LogP contribution in [0.5, 0.6) is 0 Å². The van der Waals surface area contributed by atoms with Gasteiger partial charge >= 0.3 is 10.1 Å². The summed E-state index contributed by atoms with van der Waals surface area (Å²) in [5.74, 6) is -7.62. The van der Waals surface area contributed by atoms with Gasteiger partial charge in [0.1, 0.15) is 0 Å². The zero-order valence-electron chi connectivity index (χ0n) is 14.3. The lowest BCUT2D eigenvalue weighted by Crippen LogP contribution is -2.26. The fraction of sp³-hybridized carbons (Fsp3) is 0.625. The minimum atomic E-state index is -5.42. The van der Waals surface area contributed by atoms with Gasteiger partial charge in [0.2, 0.25) is 0 Å². The third-order valence-electron chi connectivity index (χ3n) is 4.19. The molecule has 0 radical (unpaired) electrons. The van der Waals surface area contributed by atoms with Gasteiger partial charge in [-0.3, -0.25) is 4.55 Å². The van der Waals surface area contributed by atoms with Crippen LogP contribution >= 0.6 is 0 Å². The van der Waals surface area contributed by atoms with E-state index in [4.69, 9.17) is 4.55 Å². The lowest BCUT2D eigenvalue weighted by Gasteiger charge is -2.34. The molecule has 1 aromatic rings. The highest BCUT2D eigenvalue weighted by Crippen LogP contribution is 2.37. The maximum Gasteiger partial charge on any atom is 0.300 e. The van der Waals surface area contributed by atoms with Gasteiger partial charge < -0.3 is 0 Å². The first-order valence-corrected chi connectivity index (χ1v) is 8.95. The van der Waals surface area contributed by atoms with E-state index in [9.17, 15) is 26.0 Å². The van der Waals surface area contributed by atoms with Crippen molar-refractivity contribution in [2.45, 2.75) is 52.4 Å². The molecule has 0 saturated heterocycles. The van der Waals surface area contributed by atoms with E-state index in [0.29, 0.717) is 0 Å². The summed E-state index contributed by atoms with van der Waals surface area (Å²) in [5, 5.41) is 0. The van der Waals surface area contributed by atoms with Gasteiger partial charge in [-0.1, -0.05) is 34.6 Å². The van der Waals surface area contributed by atoms with Crippen LogP contribution in [-0.2, 0) is 16.5 Å². The molecule has 0 aliphatic heterocycles. The summed E-state index contributed by atoms with van der Waals surface area (Å²) in [5.41, 5.74) is -1.04. The van der Waals surface area contributed by atoms with E-state index in [0.717, 1.165) is 0 Å². The Morgan fingerprint density at radius 2 is 1.38 bits per heavy atom. The van der Waals surface area contributed by atoms with Crippen molar-refractivity contribution in [3.63, 3.8) is 0 Å². The molecular formula is C16H22F4O3S. The summed E-state index contributed by atoms with van der Waals surface area (Å²) in [4.78, 5) is -2.00. The largest absolute Gasteiger partial charge is 0.300 e. The third kappa shape index (κ3) is 4.27. The van der Waals surface area contributed by atoms with E-state index in [1.807, 2.05) is 34.6 Å². The van der Waals surface area contributed by atoms with Crippen molar-refractivity contribution in [3.8, 4) is 0 Å². The molecule has 8 heteroatoms. The molecule has 0 fully saturated rings.